The maximum absolute atomic E-state index is 13.0. The highest BCUT2D eigenvalue weighted by Crippen LogP contribution is 2.19. The lowest BCUT2D eigenvalue weighted by atomic mass is 10.2. The van der Waals surface area contributed by atoms with Crippen LogP contribution in [0.25, 0.3) is 0 Å². The summed E-state index contributed by atoms with van der Waals surface area (Å²) in [5, 5.41) is -0.221. The molecular weight excluding hydrogens is 222 g/mol. The van der Waals surface area contributed by atoms with Crippen molar-refractivity contribution in [2.24, 2.45) is 0 Å². The van der Waals surface area contributed by atoms with Gasteiger partial charge in [0.2, 0.25) is 0 Å². The molecule has 0 saturated carbocycles. The summed E-state index contributed by atoms with van der Waals surface area (Å²) in [5.74, 6) is -1.88. The van der Waals surface area contributed by atoms with E-state index in [1.54, 1.807) is 0 Å². The van der Waals surface area contributed by atoms with Crippen LogP contribution in [-0.4, -0.2) is 8.42 Å². The van der Waals surface area contributed by atoms with E-state index in [2.05, 4.69) is 0 Å². The van der Waals surface area contributed by atoms with Crippen molar-refractivity contribution in [3.63, 3.8) is 0 Å². The van der Waals surface area contributed by atoms with E-state index < -0.39 is 21.8 Å². The Labute approximate surface area is 79.4 Å². The third-order valence-electron chi connectivity index (χ3n) is 1.36. The van der Waals surface area contributed by atoms with Gasteiger partial charge in [0.15, 0.2) is 0 Å². The first-order valence-electron chi connectivity index (χ1n) is 3.25. The molecule has 0 aliphatic rings. The summed E-state index contributed by atoms with van der Waals surface area (Å²) in [4.78, 5) is 0. The van der Waals surface area contributed by atoms with Gasteiger partial charge in [-0.2, -0.15) is 8.42 Å². The number of halogens is 3. The largest absolute Gasteiger partial charge is 0.306 e. The quantitative estimate of drug-likeness (QED) is 0.725. The SMILES string of the molecule is O=S(=O)(F)Cc1cccc(Cl)c1F. The number of hydrogen-bond donors (Lipinski definition) is 0. The van der Waals surface area contributed by atoms with Crippen LogP contribution in [-0.2, 0) is 16.0 Å². The lowest BCUT2D eigenvalue weighted by molar-refractivity contribution is 0.547. The van der Waals surface area contributed by atoms with Crippen molar-refractivity contribution in [1.82, 2.24) is 0 Å². The average Bonchev–Trinajstić information content (AvgIpc) is 1.96. The molecule has 0 spiro atoms. The first kappa shape index (κ1) is 10.4. The molecule has 1 aromatic rings. The fourth-order valence-electron chi connectivity index (χ4n) is 0.846. The highest BCUT2D eigenvalue weighted by atomic mass is 35.5. The maximum atomic E-state index is 13.0. The predicted octanol–water partition coefficient (Wildman–Crippen LogP) is 2.28. The Bertz CT molecular complexity index is 417. The van der Waals surface area contributed by atoms with E-state index in [1.165, 1.54) is 18.2 Å². The van der Waals surface area contributed by atoms with Gasteiger partial charge in [-0.05, 0) is 6.07 Å². The normalized spacial score (nSPS) is 11.6. The van der Waals surface area contributed by atoms with Crippen LogP contribution in [0, 0.1) is 5.82 Å². The third kappa shape index (κ3) is 2.93. The van der Waals surface area contributed by atoms with Crippen LogP contribution in [0.15, 0.2) is 18.2 Å². The van der Waals surface area contributed by atoms with E-state index in [9.17, 15) is 16.7 Å². The van der Waals surface area contributed by atoms with Gasteiger partial charge in [0.1, 0.15) is 11.6 Å². The van der Waals surface area contributed by atoms with E-state index in [0.717, 1.165) is 0 Å². The highest BCUT2D eigenvalue weighted by Gasteiger charge is 2.14. The summed E-state index contributed by atoms with van der Waals surface area (Å²) in [7, 11) is -4.72. The Morgan fingerprint density at radius 3 is 2.54 bits per heavy atom. The zero-order valence-electron chi connectivity index (χ0n) is 6.30. The molecule has 0 bridgehead atoms. The van der Waals surface area contributed by atoms with Gasteiger partial charge in [0.05, 0.1) is 5.02 Å². The highest BCUT2D eigenvalue weighted by molar-refractivity contribution is 7.85. The molecule has 1 aromatic carbocycles. The molecule has 72 valence electrons. The molecule has 0 N–H and O–H groups in total. The molecule has 0 saturated heterocycles. The monoisotopic (exact) mass is 226 g/mol. The molecule has 0 amide bonds. The van der Waals surface area contributed by atoms with Gasteiger partial charge in [-0.1, -0.05) is 23.7 Å². The van der Waals surface area contributed by atoms with Gasteiger partial charge >= 0.3 is 10.2 Å². The van der Waals surface area contributed by atoms with Gasteiger partial charge < -0.3 is 0 Å². The van der Waals surface area contributed by atoms with Gasteiger partial charge in [-0.25, -0.2) is 4.39 Å². The Kier molecular flexibility index (Phi) is 2.87. The summed E-state index contributed by atoms with van der Waals surface area (Å²) in [6.07, 6.45) is 0. The minimum atomic E-state index is -4.72. The van der Waals surface area contributed by atoms with Crippen LogP contribution < -0.4 is 0 Å². The molecule has 0 heterocycles. The second-order valence-corrected chi connectivity index (χ2v) is 4.17. The minimum absolute atomic E-state index is 0.221. The van der Waals surface area contributed by atoms with Crippen molar-refractivity contribution in [3.8, 4) is 0 Å². The zero-order chi connectivity index (χ0) is 10.1. The molecular formula is C7H5ClF2O2S. The van der Waals surface area contributed by atoms with Crippen LogP contribution in [0.3, 0.4) is 0 Å². The fourth-order valence-corrected chi connectivity index (χ4v) is 1.63. The van der Waals surface area contributed by atoms with Crippen molar-refractivity contribution >= 4 is 21.8 Å². The summed E-state index contributed by atoms with van der Waals surface area (Å²) in [6.45, 7) is 0. The maximum Gasteiger partial charge on any atom is 0.306 e. The molecule has 6 heteroatoms. The molecule has 1 rings (SSSR count). The first-order chi connectivity index (χ1) is 5.90. The van der Waals surface area contributed by atoms with Crippen molar-refractivity contribution in [2.45, 2.75) is 5.75 Å². The average molecular weight is 227 g/mol. The lowest BCUT2D eigenvalue weighted by Crippen LogP contribution is -1.99. The summed E-state index contributed by atoms with van der Waals surface area (Å²) < 4.78 is 45.5. The Morgan fingerprint density at radius 2 is 2.00 bits per heavy atom. The number of benzene rings is 1. The Balaban J connectivity index is 3.10. The second kappa shape index (κ2) is 3.59. The van der Waals surface area contributed by atoms with Crippen LogP contribution in [0.5, 0.6) is 0 Å². The fraction of sp³-hybridized carbons (Fsp3) is 0.143. The van der Waals surface area contributed by atoms with Crippen molar-refractivity contribution in [3.05, 3.63) is 34.6 Å². The van der Waals surface area contributed by atoms with Gasteiger partial charge in [-0.3, -0.25) is 0 Å². The second-order valence-electron chi connectivity index (χ2n) is 2.40. The minimum Gasteiger partial charge on any atom is -0.205 e. The summed E-state index contributed by atoms with van der Waals surface area (Å²) in [6, 6.07) is 3.77. The molecule has 0 aromatic heterocycles. The molecule has 2 nitrogen and oxygen atoms in total. The third-order valence-corrected chi connectivity index (χ3v) is 2.31. The number of hydrogen-bond acceptors (Lipinski definition) is 2. The van der Waals surface area contributed by atoms with Crippen LogP contribution in [0.4, 0.5) is 8.28 Å². The molecule has 0 atom stereocenters. The van der Waals surface area contributed by atoms with Crippen LogP contribution >= 0.6 is 11.6 Å². The molecule has 13 heavy (non-hydrogen) atoms. The van der Waals surface area contributed by atoms with E-state index in [4.69, 9.17) is 11.6 Å². The van der Waals surface area contributed by atoms with Crippen molar-refractivity contribution in [1.29, 1.82) is 0 Å². The van der Waals surface area contributed by atoms with Crippen molar-refractivity contribution in [2.75, 3.05) is 0 Å². The van der Waals surface area contributed by atoms with Gasteiger partial charge in [0.25, 0.3) is 0 Å². The lowest BCUT2D eigenvalue weighted by Gasteiger charge is -2.00. The Hall–Kier alpha value is -0.680. The molecule has 0 fully saturated rings. The molecule has 0 aliphatic heterocycles. The standard InChI is InChI=1S/C7H5ClF2O2S/c8-6-3-1-2-5(7(6)9)4-13(10,11)12/h1-3H,4H2. The zero-order valence-corrected chi connectivity index (χ0v) is 7.87. The van der Waals surface area contributed by atoms with Crippen LogP contribution in [0.2, 0.25) is 5.02 Å². The number of rotatable bonds is 2. The van der Waals surface area contributed by atoms with E-state index in [1.807, 2.05) is 0 Å². The topological polar surface area (TPSA) is 34.1 Å². The van der Waals surface area contributed by atoms with E-state index in [0.29, 0.717) is 0 Å². The van der Waals surface area contributed by atoms with Gasteiger partial charge in [0, 0.05) is 5.56 Å². The van der Waals surface area contributed by atoms with Gasteiger partial charge in [-0.15, -0.1) is 3.89 Å². The molecule has 0 radical (unpaired) electrons. The van der Waals surface area contributed by atoms with E-state index in [-0.39, 0.29) is 10.6 Å². The molecule has 0 aliphatic carbocycles. The molecule has 0 unspecified atom stereocenters. The van der Waals surface area contributed by atoms with E-state index >= 15 is 0 Å². The predicted molar refractivity (Wildman–Crippen MR) is 45.1 cm³/mol. The summed E-state index contributed by atoms with van der Waals surface area (Å²) in [5.41, 5.74) is -0.269. The first-order valence-corrected chi connectivity index (χ1v) is 5.18. The van der Waals surface area contributed by atoms with Crippen molar-refractivity contribution < 1.29 is 16.7 Å². The Morgan fingerprint density at radius 1 is 1.38 bits per heavy atom. The smallest absolute Gasteiger partial charge is 0.205 e. The van der Waals surface area contributed by atoms with Crippen LogP contribution in [0.1, 0.15) is 5.56 Å². The summed E-state index contributed by atoms with van der Waals surface area (Å²) >= 11 is 5.35.